The van der Waals surface area contributed by atoms with Crippen LogP contribution < -0.4 is 11.1 Å². The second-order valence-corrected chi connectivity index (χ2v) is 4.08. The van der Waals surface area contributed by atoms with Crippen LogP contribution in [0.5, 0.6) is 0 Å². The van der Waals surface area contributed by atoms with Crippen molar-refractivity contribution in [1.82, 2.24) is 10.3 Å². The molecule has 0 aromatic carbocycles. The van der Waals surface area contributed by atoms with Crippen LogP contribution >= 0.6 is 0 Å². The van der Waals surface area contributed by atoms with Crippen LogP contribution in [-0.2, 0) is 11.3 Å². The molecule has 0 aliphatic rings. The summed E-state index contributed by atoms with van der Waals surface area (Å²) in [5.74, 6) is -0.0225. The van der Waals surface area contributed by atoms with Crippen molar-refractivity contribution in [2.24, 2.45) is 10.9 Å². The lowest BCUT2D eigenvalue weighted by atomic mass is 10.2. The van der Waals surface area contributed by atoms with E-state index in [0.717, 1.165) is 5.56 Å². The minimum Gasteiger partial charge on any atom is -0.409 e. The first-order chi connectivity index (χ1) is 9.21. The van der Waals surface area contributed by atoms with Crippen molar-refractivity contribution in [2.75, 3.05) is 20.3 Å². The zero-order chi connectivity index (χ0) is 14.1. The summed E-state index contributed by atoms with van der Waals surface area (Å²) in [6.07, 6.45) is 2.22. The van der Waals surface area contributed by atoms with Crippen LogP contribution in [0.3, 0.4) is 0 Å². The standard InChI is InChI=1S/C12H20N4O3/c1-19-8-10(3-5-17)15-7-9-2-4-14-11(6-9)12(13)16-18/h2,4,6,10,15,17-18H,3,5,7-8H2,1H3,(H2,13,16). The van der Waals surface area contributed by atoms with Crippen molar-refractivity contribution in [2.45, 2.75) is 19.0 Å². The number of nitrogens with zero attached hydrogens (tertiary/aromatic N) is 2. The van der Waals surface area contributed by atoms with Crippen LogP contribution in [-0.4, -0.2) is 47.5 Å². The van der Waals surface area contributed by atoms with Gasteiger partial charge in [0.05, 0.1) is 6.61 Å². The number of oxime groups is 1. The molecule has 1 heterocycles. The molecule has 0 saturated heterocycles. The highest BCUT2D eigenvalue weighted by molar-refractivity contribution is 5.95. The Morgan fingerprint density at radius 1 is 1.63 bits per heavy atom. The molecule has 1 aromatic heterocycles. The molecule has 0 aliphatic heterocycles. The van der Waals surface area contributed by atoms with Gasteiger partial charge in [0.2, 0.25) is 0 Å². The highest BCUT2D eigenvalue weighted by Gasteiger charge is 2.08. The number of nitrogens with one attached hydrogen (secondary N) is 1. The highest BCUT2D eigenvalue weighted by Crippen LogP contribution is 2.03. The molecule has 0 bridgehead atoms. The largest absolute Gasteiger partial charge is 0.409 e. The van der Waals surface area contributed by atoms with Gasteiger partial charge in [-0.2, -0.15) is 0 Å². The third-order valence-electron chi connectivity index (χ3n) is 2.63. The van der Waals surface area contributed by atoms with Crippen LogP contribution in [0.4, 0.5) is 0 Å². The van der Waals surface area contributed by atoms with Gasteiger partial charge >= 0.3 is 0 Å². The lowest BCUT2D eigenvalue weighted by Crippen LogP contribution is -2.33. The molecule has 1 unspecified atom stereocenters. The number of hydrogen-bond acceptors (Lipinski definition) is 6. The molecule has 0 saturated carbocycles. The molecule has 0 radical (unpaired) electrons. The molecule has 0 amide bonds. The molecule has 19 heavy (non-hydrogen) atoms. The van der Waals surface area contributed by atoms with Crippen LogP contribution in [0.1, 0.15) is 17.7 Å². The van der Waals surface area contributed by atoms with Crippen molar-refractivity contribution in [3.8, 4) is 0 Å². The first-order valence-electron chi connectivity index (χ1n) is 5.97. The van der Waals surface area contributed by atoms with Gasteiger partial charge < -0.3 is 26.1 Å². The smallest absolute Gasteiger partial charge is 0.188 e. The van der Waals surface area contributed by atoms with Crippen molar-refractivity contribution in [3.63, 3.8) is 0 Å². The Labute approximate surface area is 112 Å². The normalized spacial score (nSPS) is 13.5. The topological polar surface area (TPSA) is 113 Å². The molecular formula is C12H20N4O3. The fourth-order valence-corrected chi connectivity index (χ4v) is 1.64. The van der Waals surface area contributed by atoms with Gasteiger partial charge in [-0.05, 0) is 24.1 Å². The number of hydrogen-bond donors (Lipinski definition) is 4. The highest BCUT2D eigenvalue weighted by atomic mass is 16.5. The summed E-state index contributed by atoms with van der Waals surface area (Å²) in [4.78, 5) is 4.00. The van der Waals surface area contributed by atoms with Crippen molar-refractivity contribution >= 4 is 5.84 Å². The Bertz CT molecular complexity index is 406. The number of methoxy groups -OCH3 is 1. The minimum absolute atomic E-state index is 0.0225. The lowest BCUT2D eigenvalue weighted by molar-refractivity contribution is 0.148. The predicted molar refractivity (Wildman–Crippen MR) is 71.0 cm³/mol. The number of aliphatic hydroxyl groups is 1. The van der Waals surface area contributed by atoms with E-state index in [0.29, 0.717) is 25.3 Å². The molecular weight excluding hydrogens is 248 g/mol. The van der Waals surface area contributed by atoms with E-state index in [9.17, 15) is 0 Å². The van der Waals surface area contributed by atoms with Gasteiger partial charge in [-0.3, -0.25) is 4.98 Å². The fraction of sp³-hybridized carbons (Fsp3) is 0.500. The molecule has 0 aliphatic carbocycles. The van der Waals surface area contributed by atoms with E-state index in [4.69, 9.17) is 20.8 Å². The fourth-order valence-electron chi connectivity index (χ4n) is 1.64. The third-order valence-corrected chi connectivity index (χ3v) is 2.63. The summed E-state index contributed by atoms with van der Waals surface area (Å²) in [5, 5.41) is 23.7. The van der Waals surface area contributed by atoms with Gasteiger partial charge in [0.1, 0.15) is 5.69 Å². The Morgan fingerprint density at radius 3 is 3.05 bits per heavy atom. The van der Waals surface area contributed by atoms with E-state index in [1.165, 1.54) is 0 Å². The maximum atomic E-state index is 8.94. The Hall–Kier alpha value is -1.70. The number of aliphatic hydroxyl groups excluding tert-OH is 1. The van der Waals surface area contributed by atoms with Crippen molar-refractivity contribution < 1.29 is 15.1 Å². The number of nitrogens with two attached hydrogens (primary N) is 1. The molecule has 1 rings (SSSR count). The van der Waals surface area contributed by atoms with Gasteiger partial charge in [-0.25, -0.2) is 0 Å². The van der Waals surface area contributed by atoms with E-state index >= 15 is 0 Å². The second-order valence-electron chi connectivity index (χ2n) is 4.08. The average Bonchev–Trinajstić information content (AvgIpc) is 2.44. The zero-order valence-electron chi connectivity index (χ0n) is 10.9. The summed E-state index contributed by atoms with van der Waals surface area (Å²) < 4.78 is 5.07. The molecule has 0 fully saturated rings. The summed E-state index contributed by atoms with van der Waals surface area (Å²) in [7, 11) is 1.62. The van der Waals surface area contributed by atoms with Gasteiger partial charge in [0.25, 0.3) is 0 Å². The van der Waals surface area contributed by atoms with E-state index in [-0.39, 0.29) is 18.5 Å². The summed E-state index contributed by atoms with van der Waals surface area (Å²) >= 11 is 0. The summed E-state index contributed by atoms with van der Waals surface area (Å²) in [5.41, 5.74) is 6.86. The van der Waals surface area contributed by atoms with Crippen LogP contribution in [0.25, 0.3) is 0 Å². The third kappa shape index (κ3) is 5.21. The van der Waals surface area contributed by atoms with Crippen LogP contribution in [0.2, 0.25) is 0 Å². The van der Waals surface area contributed by atoms with E-state index in [1.807, 2.05) is 6.07 Å². The monoisotopic (exact) mass is 268 g/mol. The number of rotatable bonds is 8. The van der Waals surface area contributed by atoms with Crippen molar-refractivity contribution in [1.29, 1.82) is 0 Å². The minimum atomic E-state index is -0.0225. The quantitative estimate of drug-likeness (QED) is 0.222. The van der Waals surface area contributed by atoms with E-state index in [2.05, 4.69) is 15.5 Å². The van der Waals surface area contributed by atoms with Crippen LogP contribution in [0, 0.1) is 0 Å². The molecule has 1 aromatic rings. The number of amidine groups is 1. The number of ether oxygens (including phenoxy) is 1. The zero-order valence-corrected chi connectivity index (χ0v) is 10.9. The average molecular weight is 268 g/mol. The van der Waals surface area contributed by atoms with Gasteiger partial charge in [0.15, 0.2) is 5.84 Å². The Balaban J connectivity index is 2.61. The molecule has 106 valence electrons. The molecule has 7 heteroatoms. The van der Waals surface area contributed by atoms with Gasteiger partial charge in [0, 0.05) is 32.5 Å². The molecule has 0 spiro atoms. The van der Waals surface area contributed by atoms with Gasteiger partial charge in [-0.15, -0.1) is 0 Å². The predicted octanol–water partition coefficient (Wildman–Crippen LogP) is -0.337. The van der Waals surface area contributed by atoms with E-state index in [1.54, 1.807) is 19.4 Å². The summed E-state index contributed by atoms with van der Waals surface area (Å²) in [6.45, 7) is 1.22. The Morgan fingerprint density at radius 2 is 2.42 bits per heavy atom. The lowest BCUT2D eigenvalue weighted by Gasteiger charge is -2.16. The number of aromatic nitrogens is 1. The molecule has 5 N–H and O–H groups in total. The SMILES string of the molecule is COCC(CCO)NCc1ccnc(/C(N)=N/O)c1. The molecule has 7 nitrogen and oxygen atoms in total. The molecule has 1 atom stereocenters. The van der Waals surface area contributed by atoms with Gasteiger partial charge in [-0.1, -0.05) is 5.16 Å². The first-order valence-corrected chi connectivity index (χ1v) is 5.97. The summed E-state index contributed by atoms with van der Waals surface area (Å²) in [6, 6.07) is 3.66. The Kier molecular flexibility index (Phi) is 6.80. The van der Waals surface area contributed by atoms with E-state index < -0.39 is 0 Å². The maximum absolute atomic E-state index is 8.94. The second kappa shape index (κ2) is 8.41. The first kappa shape index (κ1) is 15.4. The maximum Gasteiger partial charge on any atom is 0.188 e. The number of pyridine rings is 1. The van der Waals surface area contributed by atoms with Crippen molar-refractivity contribution in [3.05, 3.63) is 29.6 Å². The van der Waals surface area contributed by atoms with Crippen LogP contribution in [0.15, 0.2) is 23.5 Å².